The van der Waals surface area contributed by atoms with Crippen molar-refractivity contribution in [1.82, 2.24) is 4.90 Å². The third-order valence-corrected chi connectivity index (χ3v) is 5.22. The number of halogens is 1. The average molecular weight is 351 g/mol. The second-order valence-corrected chi connectivity index (χ2v) is 6.89. The minimum Gasteiger partial charge on any atom is -0.394 e. The molecule has 1 spiro atoms. The summed E-state index contributed by atoms with van der Waals surface area (Å²) in [6, 6.07) is 6.42. The molecule has 0 aliphatic carbocycles. The van der Waals surface area contributed by atoms with Gasteiger partial charge in [0.15, 0.2) is 0 Å². The summed E-state index contributed by atoms with van der Waals surface area (Å²) in [6.07, 6.45) is 3.41. The maximum absolute atomic E-state index is 13.7. The van der Waals surface area contributed by atoms with E-state index < -0.39 is 0 Å². The van der Waals surface area contributed by atoms with Gasteiger partial charge in [-0.15, -0.1) is 0 Å². The van der Waals surface area contributed by atoms with E-state index in [2.05, 4.69) is 0 Å². The molecule has 2 aliphatic rings. The van der Waals surface area contributed by atoms with Crippen LogP contribution in [0, 0.1) is 5.82 Å². The lowest BCUT2D eigenvalue weighted by Crippen LogP contribution is -2.52. The van der Waals surface area contributed by atoms with Crippen LogP contribution >= 0.6 is 0 Å². The van der Waals surface area contributed by atoms with Crippen LogP contribution < -0.4 is 0 Å². The first-order chi connectivity index (χ1) is 12.1. The van der Waals surface area contributed by atoms with Gasteiger partial charge in [-0.25, -0.2) is 4.39 Å². The molecular formula is C19H26FNO4. The number of amides is 1. The van der Waals surface area contributed by atoms with Gasteiger partial charge in [0.25, 0.3) is 0 Å². The molecule has 1 aromatic carbocycles. The second kappa shape index (κ2) is 8.25. The van der Waals surface area contributed by atoms with Crippen molar-refractivity contribution in [3.05, 3.63) is 35.6 Å². The minimum atomic E-state index is -0.330. The van der Waals surface area contributed by atoms with Crippen LogP contribution in [0.5, 0.6) is 0 Å². The number of benzene rings is 1. The normalized spacial score (nSPS) is 23.0. The molecule has 2 heterocycles. The fraction of sp³-hybridized carbons (Fsp3) is 0.632. The molecule has 1 unspecified atom stereocenters. The molecule has 3 rings (SSSR count). The zero-order chi connectivity index (χ0) is 17.7. The molecular weight excluding hydrogens is 325 g/mol. The summed E-state index contributed by atoms with van der Waals surface area (Å²) in [5.74, 6) is -0.368. The number of nitrogens with zero attached hydrogens (tertiary/aromatic N) is 1. The molecule has 1 amide bonds. The number of hydrogen-bond donors (Lipinski definition) is 1. The van der Waals surface area contributed by atoms with E-state index in [1.54, 1.807) is 23.1 Å². The van der Waals surface area contributed by atoms with E-state index in [0.717, 1.165) is 25.7 Å². The lowest BCUT2D eigenvalue weighted by molar-refractivity contribution is -0.162. The Morgan fingerprint density at radius 3 is 2.84 bits per heavy atom. The molecule has 1 aromatic rings. The molecule has 0 bridgehead atoms. The van der Waals surface area contributed by atoms with Gasteiger partial charge in [-0.05, 0) is 30.9 Å². The third kappa shape index (κ3) is 4.57. The van der Waals surface area contributed by atoms with Crippen molar-refractivity contribution in [3.8, 4) is 0 Å². The Bertz CT molecular complexity index is 587. The van der Waals surface area contributed by atoms with Gasteiger partial charge in [0, 0.05) is 26.1 Å². The molecule has 6 heteroatoms. The van der Waals surface area contributed by atoms with Crippen LogP contribution in [0.2, 0.25) is 0 Å². The molecule has 1 N–H and O–H groups in total. The molecule has 2 saturated heterocycles. The smallest absolute Gasteiger partial charge is 0.227 e. The first-order valence-electron chi connectivity index (χ1n) is 8.99. The van der Waals surface area contributed by atoms with Crippen molar-refractivity contribution in [1.29, 1.82) is 0 Å². The van der Waals surface area contributed by atoms with Crippen LogP contribution in [0.3, 0.4) is 0 Å². The van der Waals surface area contributed by atoms with Crippen molar-refractivity contribution in [2.75, 3.05) is 32.9 Å². The molecule has 138 valence electrons. The van der Waals surface area contributed by atoms with Gasteiger partial charge in [-0.3, -0.25) is 4.79 Å². The van der Waals surface area contributed by atoms with Gasteiger partial charge in [-0.2, -0.15) is 0 Å². The first kappa shape index (κ1) is 18.3. The zero-order valence-corrected chi connectivity index (χ0v) is 14.5. The fourth-order valence-electron chi connectivity index (χ4n) is 3.77. The number of rotatable bonds is 5. The zero-order valence-electron chi connectivity index (χ0n) is 14.5. The standard InChI is InChI=1S/C19H26FNO4/c20-17-4-2-1-3-15(17)13-18(23)21-8-6-19(7-9-21)14-16(5-11-25-19)24-12-10-22/h1-4,16,22H,5-14H2. The summed E-state index contributed by atoms with van der Waals surface area (Å²) in [5.41, 5.74) is 0.215. The van der Waals surface area contributed by atoms with Crippen molar-refractivity contribution in [2.45, 2.75) is 43.8 Å². The van der Waals surface area contributed by atoms with E-state index in [0.29, 0.717) is 31.9 Å². The van der Waals surface area contributed by atoms with E-state index >= 15 is 0 Å². The molecule has 5 nitrogen and oxygen atoms in total. The van der Waals surface area contributed by atoms with Crippen LogP contribution in [0.25, 0.3) is 0 Å². The van der Waals surface area contributed by atoms with Gasteiger partial charge < -0.3 is 19.5 Å². The second-order valence-electron chi connectivity index (χ2n) is 6.89. The predicted octanol–water partition coefficient (Wildman–Crippen LogP) is 1.92. The van der Waals surface area contributed by atoms with Crippen molar-refractivity contribution >= 4 is 5.91 Å². The van der Waals surface area contributed by atoms with Gasteiger partial charge >= 0.3 is 0 Å². The fourth-order valence-corrected chi connectivity index (χ4v) is 3.77. The molecule has 0 saturated carbocycles. The van der Waals surface area contributed by atoms with Crippen molar-refractivity contribution < 1.29 is 23.8 Å². The number of likely N-dealkylation sites (tertiary alicyclic amines) is 1. The van der Waals surface area contributed by atoms with E-state index in [9.17, 15) is 9.18 Å². The van der Waals surface area contributed by atoms with E-state index in [1.807, 2.05) is 0 Å². The Hall–Kier alpha value is -1.50. The average Bonchev–Trinajstić information content (AvgIpc) is 2.62. The minimum absolute atomic E-state index is 0.0304. The first-order valence-corrected chi connectivity index (χ1v) is 8.99. The van der Waals surface area contributed by atoms with Crippen LogP contribution in [-0.2, 0) is 20.7 Å². The highest BCUT2D eigenvalue weighted by atomic mass is 19.1. The molecule has 0 radical (unpaired) electrons. The molecule has 2 aliphatic heterocycles. The summed E-state index contributed by atoms with van der Waals surface area (Å²) >= 11 is 0. The number of aliphatic hydroxyl groups excluding tert-OH is 1. The van der Waals surface area contributed by atoms with Gasteiger partial charge in [0.05, 0.1) is 31.3 Å². The SMILES string of the molecule is O=C(Cc1ccccc1F)N1CCC2(CC1)CC(OCCO)CCO2. The van der Waals surface area contributed by atoms with Crippen LogP contribution in [0.15, 0.2) is 24.3 Å². The van der Waals surface area contributed by atoms with Crippen LogP contribution in [-0.4, -0.2) is 60.5 Å². The molecule has 0 aromatic heterocycles. The topological polar surface area (TPSA) is 59.0 Å². The lowest BCUT2D eigenvalue weighted by Gasteiger charge is -2.46. The Labute approximate surface area is 147 Å². The van der Waals surface area contributed by atoms with Gasteiger partial charge in [0.2, 0.25) is 5.91 Å². The third-order valence-electron chi connectivity index (χ3n) is 5.22. The summed E-state index contributed by atoms with van der Waals surface area (Å²) in [4.78, 5) is 14.3. The number of aliphatic hydroxyl groups is 1. The highest BCUT2D eigenvalue weighted by Gasteiger charge is 2.41. The van der Waals surface area contributed by atoms with E-state index in [-0.39, 0.29) is 36.5 Å². The van der Waals surface area contributed by atoms with Crippen LogP contribution in [0.4, 0.5) is 4.39 Å². The predicted molar refractivity (Wildman–Crippen MR) is 90.7 cm³/mol. The Balaban J connectivity index is 1.52. The van der Waals surface area contributed by atoms with Crippen LogP contribution in [0.1, 0.15) is 31.2 Å². The van der Waals surface area contributed by atoms with Gasteiger partial charge in [-0.1, -0.05) is 18.2 Å². The number of carbonyl (C=O) groups excluding carboxylic acids is 1. The Kier molecular flexibility index (Phi) is 6.04. The summed E-state index contributed by atoms with van der Waals surface area (Å²) in [6.45, 7) is 2.29. The summed E-state index contributed by atoms with van der Waals surface area (Å²) in [5, 5.41) is 8.91. The number of piperidine rings is 1. The highest BCUT2D eigenvalue weighted by molar-refractivity contribution is 5.79. The molecule has 25 heavy (non-hydrogen) atoms. The Morgan fingerprint density at radius 1 is 1.36 bits per heavy atom. The maximum Gasteiger partial charge on any atom is 0.227 e. The maximum atomic E-state index is 13.7. The summed E-state index contributed by atoms with van der Waals surface area (Å²) < 4.78 is 25.4. The largest absolute Gasteiger partial charge is 0.394 e. The van der Waals surface area contributed by atoms with E-state index in [4.69, 9.17) is 14.6 Å². The van der Waals surface area contributed by atoms with Gasteiger partial charge in [0.1, 0.15) is 5.82 Å². The van der Waals surface area contributed by atoms with Crippen molar-refractivity contribution in [2.24, 2.45) is 0 Å². The lowest BCUT2D eigenvalue weighted by atomic mass is 9.83. The number of carbonyl (C=O) groups is 1. The number of hydrogen-bond acceptors (Lipinski definition) is 4. The number of ether oxygens (including phenoxy) is 2. The quantitative estimate of drug-likeness (QED) is 0.881. The molecule has 2 fully saturated rings. The highest BCUT2D eigenvalue weighted by Crippen LogP contribution is 2.36. The summed E-state index contributed by atoms with van der Waals surface area (Å²) in [7, 11) is 0. The monoisotopic (exact) mass is 351 g/mol. The Morgan fingerprint density at radius 2 is 2.12 bits per heavy atom. The molecule has 1 atom stereocenters. The van der Waals surface area contributed by atoms with E-state index in [1.165, 1.54) is 6.07 Å². The van der Waals surface area contributed by atoms with Crippen molar-refractivity contribution in [3.63, 3.8) is 0 Å².